The molecule has 0 saturated heterocycles. The molecule has 2 aromatic rings. The summed E-state index contributed by atoms with van der Waals surface area (Å²) < 4.78 is 0.835. The number of nitro benzene ring substituents is 1. The molecule has 6 nitrogen and oxygen atoms in total. The molecule has 1 heterocycles. The molecule has 0 spiro atoms. The van der Waals surface area contributed by atoms with Crippen LogP contribution in [0.3, 0.4) is 0 Å². The molecule has 7 heteroatoms. The number of nitro groups is 1. The zero-order valence-corrected chi connectivity index (χ0v) is 11.7. The van der Waals surface area contributed by atoms with Crippen molar-refractivity contribution in [2.75, 3.05) is 11.9 Å². The lowest BCUT2D eigenvalue weighted by Gasteiger charge is -2.08. The monoisotopic (exact) mass is 280 g/mol. The van der Waals surface area contributed by atoms with Gasteiger partial charge in [0.25, 0.3) is 5.69 Å². The Morgan fingerprint density at radius 1 is 1.58 bits per heavy atom. The first-order chi connectivity index (χ1) is 8.97. The van der Waals surface area contributed by atoms with Gasteiger partial charge in [0.2, 0.25) is 0 Å². The highest BCUT2D eigenvalue weighted by atomic mass is 32.1. The smallest absolute Gasteiger partial charge is 0.293 e. The van der Waals surface area contributed by atoms with E-state index >= 15 is 0 Å². The molecule has 1 unspecified atom stereocenters. The number of hydrogen-bond acceptors (Lipinski definition) is 6. The summed E-state index contributed by atoms with van der Waals surface area (Å²) in [6.07, 6.45) is 0.755. The van der Waals surface area contributed by atoms with Crippen LogP contribution >= 0.6 is 11.3 Å². The SMILES string of the molecule is Cc1nc2cc(NCCC(C)N)c([N+](=O)[O-])cc2s1. The number of benzene rings is 1. The van der Waals surface area contributed by atoms with Crippen LogP contribution in [-0.2, 0) is 0 Å². The van der Waals surface area contributed by atoms with Crippen molar-refractivity contribution in [2.45, 2.75) is 26.3 Å². The second kappa shape index (κ2) is 5.50. The van der Waals surface area contributed by atoms with Gasteiger partial charge in [-0.25, -0.2) is 4.98 Å². The first-order valence-electron chi connectivity index (χ1n) is 6.02. The summed E-state index contributed by atoms with van der Waals surface area (Å²) in [5.41, 5.74) is 7.04. The van der Waals surface area contributed by atoms with Gasteiger partial charge < -0.3 is 11.1 Å². The summed E-state index contributed by atoms with van der Waals surface area (Å²) in [7, 11) is 0. The first kappa shape index (κ1) is 13.7. The van der Waals surface area contributed by atoms with E-state index in [9.17, 15) is 10.1 Å². The van der Waals surface area contributed by atoms with E-state index < -0.39 is 0 Å². The zero-order chi connectivity index (χ0) is 14.0. The Bertz CT molecular complexity index is 609. The third-order valence-electron chi connectivity index (χ3n) is 2.72. The fraction of sp³-hybridized carbons (Fsp3) is 0.417. The molecule has 1 atom stereocenters. The van der Waals surface area contributed by atoms with Crippen molar-refractivity contribution in [3.05, 3.63) is 27.3 Å². The molecule has 1 aromatic heterocycles. The van der Waals surface area contributed by atoms with Gasteiger partial charge in [0.1, 0.15) is 5.69 Å². The predicted molar refractivity (Wildman–Crippen MR) is 77.8 cm³/mol. The molecule has 0 aliphatic carbocycles. The van der Waals surface area contributed by atoms with Crippen molar-refractivity contribution in [1.29, 1.82) is 0 Å². The van der Waals surface area contributed by atoms with Crippen LogP contribution in [0.25, 0.3) is 10.2 Å². The van der Waals surface area contributed by atoms with Crippen molar-refractivity contribution >= 4 is 32.9 Å². The van der Waals surface area contributed by atoms with E-state index in [0.717, 1.165) is 21.6 Å². The van der Waals surface area contributed by atoms with Gasteiger partial charge in [-0.3, -0.25) is 10.1 Å². The van der Waals surface area contributed by atoms with Crippen LogP contribution in [0, 0.1) is 17.0 Å². The number of anilines is 1. The lowest BCUT2D eigenvalue weighted by molar-refractivity contribution is -0.383. The van der Waals surface area contributed by atoms with Crippen LogP contribution in [0.15, 0.2) is 12.1 Å². The van der Waals surface area contributed by atoms with E-state index in [1.165, 1.54) is 11.3 Å². The Morgan fingerprint density at radius 3 is 2.95 bits per heavy atom. The molecule has 0 saturated carbocycles. The van der Waals surface area contributed by atoms with Crippen molar-refractivity contribution < 1.29 is 4.92 Å². The van der Waals surface area contributed by atoms with E-state index in [1.54, 1.807) is 12.1 Å². The van der Waals surface area contributed by atoms with E-state index in [0.29, 0.717) is 12.2 Å². The largest absolute Gasteiger partial charge is 0.379 e. The van der Waals surface area contributed by atoms with Gasteiger partial charge in [0.15, 0.2) is 0 Å². The van der Waals surface area contributed by atoms with E-state index in [-0.39, 0.29) is 16.7 Å². The number of fused-ring (bicyclic) bond motifs is 1. The van der Waals surface area contributed by atoms with Gasteiger partial charge in [-0.15, -0.1) is 11.3 Å². The Labute approximate surface area is 114 Å². The number of nitrogens with one attached hydrogen (secondary N) is 1. The van der Waals surface area contributed by atoms with Crippen LogP contribution in [0.1, 0.15) is 18.4 Å². The minimum atomic E-state index is -0.372. The molecular formula is C12H16N4O2S. The Hall–Kier alpha value is -1.73. The fourth-order valence-corrected chi connectivity index (χ4v) is 2.65. The summed E-state index contributed by atoms with van der Waals surface area (Å²) in [6.45, 7) is 4.40. The standard InChI is InChI=1S/C12H16N4O2S/c1-7(13)3-4-14-9-5-10-12(19-8(2)15-10)6-11(9)16(17)18/h5-7,14H,3-4,13H2,1-2H3. The average molecular weight is 280 g/mol. The molecule has 3 N–H and O–H groups in total. The second-order valence-electron chi connectivity index (χ2n) is 4.52. The fourth-order valence-electron chi connectivity index (χ4n) is 1.81. The number of nitrogens with two attached hydrogens (primary N) is 1. The van der Waals surface area contributed by atoms with Gasteiger partial charge in [0.05, 0.1) is 20.1 Å². The van der Waals surface area contributed by atoms with Crippen molar-refractivity contribution in [2.24, 2.45) is 5.73 Å². The summed E-state index contributed by atoms with van der Waals surface area (Å²) in [5.74, 6) is 0. The molecule has 0 bridgehead atoms. The quantitative estimate of drug-likeness (QED) is 0.648. The molecule has 0 radical (unpaired) electrons. The normalized spacial score (nSPS) is 12.6. The molecule has 0 aliphatic heterocycles. The minimum Gasteiger partial charge on any atom is -0.379 e. The topological polar surface area (TPSA) is 94.1 Å². The number of hydrogen-bond donors (Lipinski definition) is 2. The highest BCUT2D eigenvalue weighted by Gasteiger charge is 2.16. The van der Waals surface area contributed by atoms with Gasteiger partial charge in [0, 0.05) is 18.7 Å². The molecule has 1 aromatic carbocycles. The van der Waals surface area contributed by atoms with Crippen LogP contribution in [0.4, 0.5) is 11.4 Å². The maximum Gasteiger partial charge on any atom is 0.293 e. The van der Waals surface area contributed by atoms with Gasteiger partial charge >= 0.3 is 0 Å². The second-order valence-corrected chi connectivity index (χ2v) is 5.75. The van der Waals surface area contributed by atoms with E-state index in [4.69, 9.17) is 5.73 Å². The predicted octanol–water partition coefficient (Wildman–Crippen LogP) is 2.66. The summed E-state index contributed by atoms with van der Waals surface area (Å²) in [4.78, 5) is 15.1. The van der Waals surface area contributed by atoms with E-state index in [1.807, 2.05) is 13.8 Å². The average Bonchev–Trinajstić information content (AvgIpc) is 2.66. The Kier molecular flexibility index (Phi) is 3.96. The minimum absolute atomic E-state index is 0.0665. The van der Waals surface area contributed by atoms with Crippen LogP contribution in [0.2, 0.25) is 0 Å². The third-order valence-corrected chi connectivity index (χ3v) is 3.66. The Morgan fingerprint density at radius 2 is 2.32 bits per heavy atom. The van der Waals surface area contributed by atoms with Crippen molar-refractivity contribution in [3.63, 3.8) is 0 Å². The van der Waals surface area contributed by atoms with Gasteiger partial charge in [-0.1, -0.05) is 0 Å². The summed E-state index contributed by atoms with van der Waals surface area (Å²) in [6, 6.07) is 3.38. The molecular weight excluding hydrogens is 264 g/mol. The summed E-state index contributed by atoms with van der Waals surface area (Å²) >= 11 is 1.46. The number of aromatic nitrogens is 1. The number of nitrogens with zero attached hydrogens (tertiary/aromatic N) is 2. The highest BCUT2D eigenvalue weighted by molar-refractivity contribution is 7.18. The van der Waals surface area contributed by atoms with Crippen LogP contribution in [0.5, 0.6) is 0 Å². The number of thiazole rings is 1. The molecule has 0 aliphatic rings. The zero-order valence-electron chi connectivity index (χ0n) is 10.8. The lowest BCUT2D eigenvalue weighted by atomic mass is 10.2. The summed E-state index contributed by atoms with van der Waals surface area (Å²) in [5, 5.41) is 15.1. The third kappa shape index (κ3) is 3.18. The number of rotatable bonds is 5. The van der Waals surface area contributed by atoms with Crippen LogP contribution < -0.4 is 11.1 Å². The molecule has 0 fully saturated rings. The molecule has 102 valence electrons. The van der Waals surface area contributed by atoms with Gasteiger partial charge in [-0.2, -0.15) is 0 Å². The maximum absolute atomic E-state index is 11.1. The van der Waals surface area contributed by atoms with Crippen molar-refractivity contribution in [3.8, 4) is 0 Å². The van der Waals surface area contributed by atoms with E-state index in [2.05, 4.69) is 10.3 Å². The first-order valence-corrected chi connectivity index (χ1v) is 6.84. The molecule has 19 heavy (non-hydrogen) atoms. The van der Waals surface area contributed by atoms with Crippen molar-refractivity contribution in [1.82, 2.24) is 4.98 Å². The number of aryl methyl sites for hydroxylation is 1. The Balaban J connectivity index is 2.33. The maximum atomic E-state index is 11.1. The molecule has 2 rings (SSSR count). The molecule has 0 amide bonds. The lowest BCUT2D eigenvalue weighted by Crippen LogP contribution is -2.19. The highest BCUT2D eigenvalue weighted by Crippen LogP contribution is 2.32. The van der Waals surface area contributed by atoms with Gasteiger partial charge in [-0.05, 0) is 26.3 Å². The van der Waals surface area contributed by atoms with Crippen LogP contribution in [-0.4, -0.2) is 22.5 Å².